The quantitative estimate of drug-likeness (QED) is 0.249. The molecule has 0 aliphatic carbocycles. The van der Waals surface area contributed by atoms with E-state index in [9.17, 15) is 0 Å². The van der Waals surface area contributed by atoms with Crippen molar-refractivity contribution in [2.45, 2.75) is 27.7 Å². The van der Waals surface area contributed by atoms with Crippen LogP contribution in [0.2, 0.25) is 0 Å². The van der Waals surface area contributed by atoms with Gasteiger partial charge in [0, 0.05) is 86.6 Å². The Bertz CT molecular complexity index is 1050. The van der Waals surface area contributed by atoms with Crippen LogP contribution in [0.4, 0.5) is 11.4 Å². The Labute approximate surface area is 237 Å². The molecule has 3 aromatic rings. The van der Waals surface area contributed by atoms with E-state index in [1.165, 1.54) is 0 Å². The molecule has 0 amide bonds. The minimum absolute atomic E-state index is 0. The summed E-state index contributed by atoms with van der Waals surface area (Å²) in [6.45, 7) is 8.24. The van der Waals surface area contributed by atoms with Gasteiger partial charge in [-0.05, 0) is 13.8 Å². The van der Waals surface area contributed by atoms with E-state index in [1.54, 1.807) is 0 Å². The summed E-state index contributed by atoms with van der Waals surface area (Å²) in [6.07, 6.45) is 0. The Kier molecular flexibility index (Phi) is 10.9. The molecule has 0 bridgehead atoms. The van der Waals surface area contributed by atoms with Crippen molar-refractivity contribution in [1.29, 1.82) is 0 Å². The first kappa shape index (κ1) is 27.8. The molecule has 1 aromatic heterocycles. The maximum absolute atomic E-state index is 4.31. The zero-order valence-electron chi connectivity index (χ0n) is 18.8. The van der Waals surface area contributed by atoms with Crippen LogP contribution in [0.3, 0.4) is 0 Å². The van der Waals surface area contributed by atoms with Gasteiger partial charge in [-0.15, -0.1) is 12.1 Å². The molecule has 3 nitrogen and oxygen atoms in total. The first-order valence-corrected chi connectivity index (χ1v) is 9.51. The fourth-order valence-electron chi connectivity index (χ4n) is 3.39. The summed E-state index contributed by atoms with van der Waals surface area (Å²) in [5.41, 5.74) is 8.28. The molecule has 3 rings (SSSR count). The van der Waals surface area contributed by atoms with Gasteiger partial charge in [-0.3, -0.25) is 0 Å². The SMILES string of the molecule is [CH2-][N+](=C(C)c1cccc(C(C)=[N+]([CH2-])c2c[c-]ccc2C)[n+]1[CH2-])c1c[c-]ccc1C.[Y].[Y]. The predicted molar refractivity (Wildman–Crippen MR) is 118 cm³/mol. The van der Waals surface area contributed by atoms with Crippen molar-refractivity contribution >= 4 is 22.8 Å². The van der Waals surface area contributed by atoms with E-state index in [-0.39, 0.29) is 65.4 Å². The van der Waals surface area contributed by atoms with Gasteiger partial charge in [0.1, 0.15) is 11.4 Å². The van der Waals surface area contributed by atoms with Crippen molar-refractivity contribution in [3.8, 4) is 0 Å². The largest absolute Gasteiger partial charge is 0.338 e. The molecule has 0 N–H and O–H groups in total. The topological polar surface area (TPSA) is 9.90 Å². The van der Waals surface area contributed by atoms with Gasteiger partial charge in [0.15, 0.2) is 0 Å². The molecule has 0 unspecified atom stereocenters. The van der Waals surface area contributed by atoms with Crippen LogP contribution in [0.5, 0.6) is 0 Å². The van der Waals surface area contributed by atoms with Crippen molar-refractivity contribution in [3.05, 3.63) is 110 Å². The van der Waals surface area contributed by atoms with Gasteiger partial charge in [-0.25, -0.2) is 0 Å². The van der Waals surface area contributed by atoms with Gasteiger partial charge in [0.25, 0.3) is 0 Å². The summed E-state index contributed by atoms with van der Waals surface area (Å²) in [5.74, 6) is 0. The minimum atomic E-state index is 0. The predicted octanol–water partition coefficient (Wildman–Crippen LogP) is 4.72. The van der Waals surface area contributed by atoms with Crippen molar-refractivity contribution in [2.75, 3.05) is 0 Å². The zero-order valence-corrected chi connectivity index (χ0v) is 24.5. The summed E-state index contributed by atoms with van der Waals surface area (Å²) >= 11 is 0. The van der Waals surface area contributed by atoms with Gasteiger partial charge in [-0.2, -0.15) is 36.4 Å². The number of aromatic nitrogens is 1. The molecule has 0 saturated carbocycles. The average molecular weight is 559 g/mol. The molecule has 154 valence electrons. The van der Waals surface area contributed by atoms with Crippen molar-refractivity contribution in [2.24, 2.45) is 0 Å². The van der Waals surface area contributed by atoms with Crippen LogP contribution in [-0.4, -0.2) is 20.6 Å². The van der Waals surface area contributed by atoms with E-state index in [1.807, 2.05) is 82.2 Å². The minimum Gasteiger partial charge on any atom is -0.338 e. The van der Waals surface area contributed by atoms with Gasteiger partial charge in [0.2, 0.25) is 0 Å². The van der Waals surface area contributed by atoms with Crippen molar-refractivity contribution < 1.29 is 79.1 Å². The van der Waals surface area contributed by atoms with Crippen LogP contribution in [0.25, 0.3) is 0 Å². The summed E-state index contributed by atoms with van der Waals surface area (Å²) < 4.78 is 5.80. The maximum atomic E-state index is 4.31. The zero-order chi connectivity index (χ0) is 21.1. The molecular weight excluding hydrogens is 532 g/mol. The molecule has 0 fully saturated rings. The van der Waals surface area contributed by atoms with Crippen LogP contribution in [0, 0.1) is 47.1 Å². The van der Waals surface area contributed by atoms with Gasteiger partial charge in [-0.1, -0.05) is 43.2 Å². The number of aryl methyl sites for hydroxylation is 2. The summed E-state index contributed by atoms with van der Waals surface area (Å²) in [7, 11) is 12.8. The number of rotatable bonds is 4. The second-order valence-electron chi connectivity index (χ2n) is 7.18. The molecule has 0 atom stereocenters. The molecule has 5 heteroatoms. The van der Waals surface area contributed by atoms with Crippen molar-refractivity contribution in [1.82, 2.24) is 0 Å². The van der Waals surface area contributed by atoms with Crippen molar-refractivity contribution in [3.63, 3.8) is 0 Å². The fourth-order valence-corrected chi connectivity index (χ4v) is 3.39. The first-order chi connectivity index (χ1) is 13.8. The fraction of sp³-hybridized carbons (Fsp3) is 0.154. The van der Waals surface area contributed by atoms with Crippen LogP contribution in [-0.2, 0) is 65.4 Å². The molecule has 0 saturated heterocycles. The first-order valence-electron chi connectivity index (χ1n) is 9.51. The summed E-state index contributed by atoms with van der Waals surface area (Å²) in [5, 5.41) is 0. The number of hydrogen-bond donors (Lipinski definition) is 0. The van der Waals surface area contributed by atoms with Gasteiger partial charge < -0.3 is 13.7 Å². The molecule has 0 aliphatic rings. The van der Waals surface area contributed by atoms with Gasteiger partial charge in [0.05, 0.1) is 22.8 Å². The number of hydrogen-bond acceptors (Lipinski definition) is 0. The maximum Gasteiger partial charge on any atom is 0.114 e. The third-order valence-corrected chi connectivity index (χ3v) is 5.33. The van der Waals surface area contributed by atoms with Crippen LogP contribution in [0.15, 0.2) is 54.6 Å². The molecule has 0 aliphatic heterocycles. The molecule has 1 heterocycles. The summed E-state index contributed by atoms with van der Waals surface area (Å²) in [6, 6.07) is 24.2. The molecule has 0 spiro atoms. The Morgan fingerprint density at radius 1 is 0.774 bits per heavy atom. The Hall–Kier alpha value is -1.25. The van der Waals surface area contributed by atoms with Crippen LogP contribution >= 0.6 is 0 Å². The second kappa shape index (κ2) is 12.1. The van der Waals surface area contributed by atoms with Gasteiger partial charge >= 0.3 is 0 Å². The van der Waals surface area contributed by atoms with Crippen LogP contribution < -0.4 is 4.57 Å². The third kappa shape index (κ3) is 5.96. The monoisotopic (exact) mass is 559 g/mol. The Balaban J connectivity index is 0.00000240. The van der Waals surface area contributed by atoms with E-state index < -0.39 is 0 Å². The Morgan fingerprint density at radius 2 is 1.16 bits per heavy atom. The van der Waals surface area contributed by atoms with E-state index in [0.29, 0.717) is 0 Å². The standard InChI is InChI=1S/C26H27N3.2Y/c1-19-13-8-10-15-23(19)27(5)21(3)25-17-12-18-26(29(25)7)22(4)28(6)24-16-11-9-14-20(24)2;;/h8-9,12-18H,5-7H2,1-4H3;;/q-2;;. The average Bonchev–Trinajstić information content (AvgIpc) is 2.72. The normalized spacial score (nSPS) is 12.1. The summed E-state index contributed by atoms with van der Waals surface area (Å²) in [4.78, 5) is 0. The van der Waals surface area contributed by atoms with Crippen LogP contribution in [0.1, 0.15) is 36.4 Å². The third-order valence-electron chi connectivity index (χ3n) is 5.33. The number of nitrogens with zero attached hydrogens (tertiary/aromatic N) is 3. The second-order valence-corrected chi connectivity index (χ2v) is 7.18. The molecular formula is C26H27N3Y2-2. The number of pyridine rings is 1. The Morgan fingerprint density at radius 3 is 1.52 bits per heavy atom. The van der Waals surface area contributed by atoms with E-state index in [0.717, 1.165) is 45.3 Å². The smallest absolute Gasteiger partial charge is 0.114 e. The van der Waals surface area contributed by atoms with E-state index in [2.05, 4.69) is 47.1 Å². The molecule has 2 aromatic carbocycles. The van der Waals surface area contributed by atoms with E-state index in [4.69, 9.17) is 0 Å². The van der Waals surface area contributed by atoms with E-state index >= 15 is 0 Å². The molecule has 31 heavy (non-hydrogen) atoms. The number of benzene rings is 2. The molecule has 2 radical (unpaired) electrons.